The number of anilines is 1. The minimum absolute atomic E-state index is 0.183. The van der Waals surface area contributed by atoms with Crippen molar-refractivity contribution in [3.63, 3.8) is 0 Å². The third-order valence-electron chi connectivity index (χ3n) is 4.39. The summed E-state index contributed by atoms with van der Waals surface area (Å²) in [6.07, 6.45) is 0. The number of carbonyl (C=O) groups excluding carboxylic acids is 2. The lowest BCUT2D eigenvalue weighted by Gasteiger charge is -2.13. The molecule has 0 bridgehead atoms. The van der Waals surface area contributed by atoms with Crippen molar-refractivity contribution in [2.24, 2.45) is 0 Å². The Morgan fingerprint density at radius 1 is 0.968 bits per heavy atom. The molecule has 0 saturated carbocycles. The van der Waals surface area contributed by atoms with Crippen LogP contribution in [0.2, 0.25) is 5.02 Å². The Bertz CT molecular complexity index is 1050. The third-order valence-corrected chi connectivity index (χ3v) is 4.70. The van der Waals surface area contributed by atoms with Gasteiger partial charge >= 0.3 is 5.97 Å². The van der Waals surface area contributed by atoms with Gasteiger partial charge < -0.3 is 19.5 Å². The maximum Gasteiger partial charge on any atom is 0.341 e. The number of esters is 1. The van der Waals surface area contributed by atoms with Crippen molar-refractivity contribution in [1.29, 1.82) is 0 Å². The molecule has 0 aliphatic heterocycles. The molecule has 3 rings (SSSR count). The van der Waals surface area contributed by atoms with Gasteiger partial charge in [-0.25, -0.2) is 4.79 Å². The molecule has 3 aromatic carbocycles. The third kappa shape index (κ3) is 5.77. The standard InChI is InChI=1S/C24H22ClNO5/c1-3-30-24(28)19-13-20(25)21(14-22(19)29-2)26-23(27)15-31-18-11-9-17(10-12-18)16-7-5-4-6-8-16/h4-14H,3,15H2,1-2H3,(H,26,27). The number of halogens is 1. The van der Waals surface area contributed by atoms with Crippen LogP contribution in [0.3, 0.4) is 0 Å². The van der Waals surface area contributed by atoms with Crippen LogP contribution in [0.15, 0.2) is 66.7 Å². The molecule has 1 N–H and O–H groups in total. The highest BCUT2D eigenvalue weighted by atomic mass is 35.5. The van der Waals surface area contributed by atoms with E-state index in [2.05, 4.69) is 5.32 Å². The normalized spacial score (nSPS) is 10.3. The van der Waals surface area contributed by atoms with Crippen molar-refractivity contribution in [3.05, 3.63) is 77.3 Å². The zero-order valence-electron chi connectivity index (χ0n) is 17.2. The quantitative estimate of drug-likeness (QED) is 0.488. The topological polar surface area (TPSA) is 73.9 Å². The van der Waals surface area contributed by atoms with Gasteiger partial charge in [-0.15, -0.1) is 0 Å². The summed E-state index contributed by atoms with van der Waals surface area (Å²) in [6.45, 7) is 1.72. The molecule has 0 unspecified atom stereocenters. The predicted octanol–water partition coefficient (Wildman–Crippen LogP) is 5.21. The van der Waals surface area contributed by atoms with Crippen molar-refractivity contribution in [3.8, 4) is 22.6 Å². The molecular weight excluding hydrogens is 418 g/mol. The number of amides is 1. The molecule has 7 heteroatoms. The van der Waals surface area contributed by atoms with E-state index >= 15 is 0 Å². The minimum atomic E-state index is -0.554. The Hall–Kier alpha value is -3.51. The van der Waals surface area contributed by atoms with Gasteiger partial charge in [0.1, 0.15) is 17.1 Å². The van der Waals surface area contributed by atoms with E-state index in [1.54, 1.807) is 19.1 Å². The van der Waals surface area contributed by atoms with Gasteiger partial charge in [-0.3, -0.25) is 4.79 Å². The van der Waals surface area contributed by atoms with Crippen molar-refractivity contribution in [2.75, 3.05) is 25.6 Å². The average molecular weight is 440 g/mol. The fraction of sp³-hybridized carbons (Fsp3) is 0.167. The van der Waals surface area contributed by atoms with E-state index in [-0.39, 0.29) is 29.5 Å². The van der Waals surface area contributed by atoms with E-state index in [1.807, 2.05) is 42.5 Å². The predicted molar refractivity (Wildman–Crippen MR) is 120 cm³/mol. The summed E-state index contributed by atoms with van der Waals surface area (Å²) in [7, 11) is 1.42. The van der Waals surface area contributed by atoms with Gasteiger partial charge in [0, 0.05) is 6.07 Å². The number of nitrogens with one attached hydrogen (secondary N) is 1. The molecule has 3 aromatic rings. The number of hydrogen-bond acceptors (Lipinski definition) is 5. The Balaban J connectivity index is 1.62. The zero-order valence-corrected chi connectivity index (χ0v) is 17.9. The van der Waals surface area contributed by atoms with Gasteiger partial charge in [-0.1, -0.05) is 54.1 Å². The van der Waals surface area contributed by atoms with Crippen LogP contribution in [-0.4, -0.2) is 32.2 Å². The van der Waals surface area contributed by atoms with E-state index in [1.165, 1.54) is 19.2 Å². The molecular formula is C24H22ClNO5. The van der Waals surface area contributed by atoms with E-state index in [9.17, 15) is 9.59 Å². The molecule has 0 fully saturated rings. The smallest absolute Gasteiger partial charge is 0.341 e. The number of hydrogen-bond donors (Lipinski definition) is 1. The molecule has 0 saturated heterocycles. The van der Waals surface area contributed by atoms with Gasteiger partial charge in [0.2, 0.25) is 0 Å². The second-order valence-corrected chi connectivity index (χ2v) is 6.89. The van der Waals surface area contributed by atoms with Crippen LogP contribution in [-0.2, 0) is 9.53 Å². The van der Waals surface area contributed by atoms with Crippen molar-refractivity contribution in [2.45, 2.75) is 6.92 Å². The first-order chi connectivity index (χ1) is 15.0. The van der Waals surface area contributed by atoms with Crippen LogP contribution >= 0.6 is 11.6 Å². The Morgan fingerprint density at radius 3 is 2.29 bits per heavy atom. The molecule has 0 radical (unpaired) electrons. The summed E-state index contributed by atoms with van der Waals surface area (Å²) < 4.78 is 15.8. The molecule has 6 nitrogen and oxygen atoms in total. The number of benzene rings is 3. The Morgan fingerprint density at radius 2 is 1.65 bits per heavy atom. The van der Waals surface area contributed by atoms with E-state index in [4.69, 9.17) is 25.8 Å². The second-order valence-electron chi connectivity index (χ2n) is 6.48. The lowest BCUT2D eigenvalue weighted by Crippen LogP contribution is -2.20. The average Bonchev–Trinajstić information content (AvgIpc) is 2.80. The highest BCUT2D eigenvalue weighted by Crippen LogP contribution is 2.31. The van der Waals surface area contributed by atoms with Crippen molar-refractivity contribution < 1.29 is 23.8 Å². The number of carbonyl (C=O) groups is 2. The zero-order chi connectivity index (χ0) is 22.2. The van der Waals surface area contributed by atoms with Gasteiger partial charge in [-0.2, -0.15) is 0 Å². The van der Waals surface area contributed by atoms with Crippen LogP contribution in [0.1, 0.15) is 17.3 Å². The summed E-state index contributed by atoms with van der Waals surface area (Å²) in [4.78, 5) is 24.3. The number of ether oxygens (including phenoxy) is 3. The molecule has 31 heavy (non-hydrogen) atoms. The van der Waals surface area contributed by atoms with Crippen LogP contribution in [0.5, 0.6) is 11.5 Å². The lowest BCUT2D eigenvalue weighted by atomic mass is 10.1. The lowest BCUT2D eigenvalue weighted by molar-refractivity contribution is -0.118. The van der Waals surface area contributed by atoms with Gasteiger partial charge in [0.25, 0.3) is 5.91 Å². The van der Waals surface area contributed by atoms with E-state index < -0.39 is 11.9 Å². The highest BCUT2D eigenvalue weighted by molar-refractivity contribution is 6.34. The Kier molecular flexibility index (Phi) is 7.51. The first kappa shape index (κ1) is 22.2. The fourth-order valence-corrected chi connectivity index (χ4v) is 3.11. The number of methoxy groups -OCH3 is 1. The molecule has 0 atom stereocenters. The first-order valence-electron chi connectivity index (χ1n) is 9.64. The molecule has 0 aliphatic carbocycles. The van der Waals surface area contributed by atoms with Crippen LogP contribution in [0, 0.1) is 0 Å². The molecule has 1 amide bonds. The number of rotatable bonds is 8. The summed E-state index contributed by atoms with van der Waals surface area (Å²) >= 11 is 6.22. The van der Waals surface area contributed by atoms with Gasteiger partial charge in [0.15, 0.2) is 6.61 Å². The highest BCUT2D eigenvalue weighted by Gasteiger charge is 2.18. The van der Waals surface area contributed by atoms with Crippen LogP contribution in [0.4, 0.5) is 5.69 Å². The monoisotopic (exact) mass is 439 g/mol. The summed E-state index contributed by atoms with van der Waals surface area (Å²) in [5.41, 5.74) is 2.64. The minimum Gasteiger partial charge on any atom is -0.496 e. The second kappa shape index (κ2) is 10.5. The summed E-state index contributed by atoms with van der Waals surface area (Å²) in [6, 6.07) is 20.3. The van der Waals surface area contributed by atoms with Gasteiger partial charge in [-0.05, 0) is 36.2 Å². The molecule has 0 spiro atoms. The Labute approximate surface area is 185 Å². The summed E-state index contributed by atoms with van der Waals surface area (Å²) in [5, 5.41) is 2.85. The molecule has 160 valence electrons. The SMILES string of the molecule is CCOC(=O)c1cc(Cl)c(NC(=O)COc2ccc(-c3ccccc3)cc2)cc1OC. The first-order valence-corrected chi connectivity index (χ1v) is 10.0. The van der Waals surface area contributed by atoms with E-state index in [0.29, 0.717) is 11.4 Å². The van der Waals surface area contributed by atoms with Crippen molar-refractivity contribution in [1.82, 2.24) is 0 Å². The van der Waals surface area contributed by atoms with Crippen LogP contribution < -0.4 is 14.8 Å². The maximum atomic E-state index is 12.3. The fourth-order valence-electron chi connectivity index (χ4n) is 2.90. The molecule has 0 aromatic heterocycles. The van der Waals surface area contributed by atoms with Crippen LogP contribution in [0.25, 0.3) is 11.1 Å². The summed E-state index contributed by atoms with van der Waals surface area (Å²) in [5.74, 6) is -0.145. The molecule has 0 heterocycles. The van der Waals surface area contributed by atoms with Gasteiger partial charge in [0.05, 0.1) is 24.4 Å². The van der Waals surface area contributed by atoms with E-state index in [0.717, 1.165) is 11.1 Å². The maximum absolute atomic E-state index is 12.3. The molecule has 0 aliphatic rings. The largest absolute Gasteiger partial charge is 0.496 e. The van der Waals surface area contributed by atoms with Crippen molar-refractivity contribution >= 4 is 29.2 Å².